The Morgan fingerprint density at radius 3 is 2.71 bits per heavy atom. The number of para-hydroxylation sites is 1. The molecule has 3 aliphatic rings. The van der Waals surface area contributed by atoms with Crippen LogP contribution >= 0.6 is 12.4 Å². The van der Waals surface area contributed by atoms with E-state index in [-0.39, 0.29) is 24.2 Å². The molecule has 2 aromatic heterocycles. The van der Waals surface area contributed by atoms with Gasteiger partial charge in [-0.05, 0) is 45.3 Å². The van der Waals surface area contributed by atoms with Gasteiger partial charge in [0.05, 0.1) is 16.8 Å². The van der Waals surface area contributed by atoms with E-state index in [0.717, 1.165) is 59.2 Å². The summed E-state index contributed by atoms with van der Waals surface area (Å²) in [6.45, 7) is 0.908. The first-order valence-electron chi connectivity index (χ1n) is 11.8. The molecule has 3 aromatic rings. The Bertz CT molecular complexity index is 1450. The van der Waals surface area contributed by atoms with Crippen molar-refractivity contribution in [1.29, 1.82) is 0 Å². The lowest BCUT2D eigenvalue weighted by Crippen LogP contribution is -2.32. The van der Waals surface area contributed by atoms with Crippen LogP contribution in [0, 0.1) is 5.92 Å². The molecule has 0 saturated carbocycles. The SMILES string of the molecule is CN(C)CC1C=Cn2c(c(N3C(=O)C=C(c4cn(C)c5c4C=CCC5)C3=O)c3ccccc32)C1.Cl. The van der Waals surface area contributed by atoms with Crippen molar-refractivity contribution in [2.45, 2.75) is 19.3 Å². The average Bonchev–Trinajstić information content (AvgIpc) is 3.42. The van der Waals surface area contributed by atoms with E-state index in [1.165, 1.54) is 16.7 Å². The second-order valence-electron chi connectivity index (χ2n) is 9.74. The van der Waals surface area contributed by atoms with Gasteiger partial charge < -0.3 is 14.0 Å². The third-order valence-electron chi connectivity index (χ3n) is 7.16. The summed E-state index contributed by atoms with van der Waals surface area (Å²) >= 11 is 0. The first-order chi connectivity index (χ1) is 16.4. The third kappa shape index (κ3) is 3.60. The van der Waals surface area contributed by atoms with Gasteiger partial charge in [0.15, 0.2) is 0 Å². The van der Waals surface area contributed by atoms with Crippen LogP contribution in [0.1, 0.15) is 28.9 Å². The topological polar surface area (TPSA) is 50.5 Å². The number of fused-ring (bicyclic) bond motifs is 4. The maximum atomic E-state index is 13.9. The molecule has 0 radical (unpaired) electrons. The number of hydrogen-bond donors (Lipinski definition) is 0. The minimum atomic E-state index is -0.268. The van der Waals surface area contributed by atoms with Gasteiger partial charge in [-0.1, -0.05) is 36.4 Å². The number of nitrogens with zero attached hydrogens (tertiary/aromatic N) is 4. The van der Waals surface area contributed by atoms with Crippen LogP contribution in [-0.4, -0.2) is 46.5 Å². The number of amides is 2. The molecule has 1 unspecified atom stereocenters. The fraction of sp³-hybridized carbons (Fsp3) is 0.286. The van der Waals surface area contributed by atoms with Crippen molar-refractivity contribution in [3.8, 4) is 0 Å². The lowest BCUT2D eigenvalue weighted by atomic mass is 9.97. The average molecular weight is 489 g/mol. The van der Waals surface area contributed by atoms with Crippen LogP contribution in [0.4, 0.5) is 5.69 Å². The van der Waals surface area contributed by atoms with Gasteiger partial charge in [-0.2, -0.15) is 0 Å². The molecule has 2 aliphatic heterocycles. The Labute approximate surface area is 211 Å². The number of aromatic nitrogens is 2. The largest absolute Gasteiger partial charge is 0.353 e. The van der Waals surface area contributed by atoms with Crippen molar-refractivity contribution < 1.29 is 9.59 Å². The van der Waals surface area contributed by atoms with Crippen molar-refractivity contribution in [2.24, 2.45) is 13.0 Å². The standard InChI is InChI=1S/C28H28N4O2.ClH/c1-29(2)16-18-12-13-31-24-11-7-5-9-20(24)27(25(31)14-18)32-26(33)15-21(28(32)34)22-17-30(3)23-10-6-4-8-19(22)23;/h4-5,7-9,11-13,15,17-18H,6,10,14,16H2,1-3H3;1H. The molecule has 4 heterocycles. The normalized spacial score (nSPS) is 18.8. The highest BCUT2D eigenvalue weighted by Gasteiger charge is 2.39. The molecule has 7 heteroatoms. The summed E-state index contributed by atoms with van der Waals surface area (Å²) < 4.78 is 4.23. The van der Waals surface area contributed by atoms with Crippen molar-refractivity contribution in [1.82, 2.24) is 14.0 Å². The third-order valence-corrected chi connectivity index (χ3v) is 7.16. The molecule has 0 spiro atoms. The number of anilines is 1. The fourth-order valence-electron chi connectivity index (χ4n) is 5.73. The van der Waals surface area contributed by atoms with E-state index in [4.69, 9.17) is 0 Å². The highest BCUT2D eigenvalue weighted by molar-refractivity contribution is 6.45. The molecular formula is C28H29ClN4O2. The van der Waals surface area contributed by atoms with Gasteiger partial charge in [-0.25, -0.2) is 4.90 Å². The van der Waals surface area contributed by atoms with Crippen molar-refractivity contribution in [3.63, 3.8) is 0 Å². The molecule has 0 saturated heterocycles. The van der Waals surface area contributed by atoms with Crippen LogP contribution in [0.3, 0.4) is 0 Å². The van der Waals surface area contributed by atoms with Crippen LogP contribution < -0.4 is 4.90 Å². The summed E-state index contributed by atoms with van der Waals surface area (Å²) in [5, 5.41) is 0.930. The first kappa shape index (κ1) is 23.4. The molecule has 0 bridgehead atoms. The molecular weight excluding hydrogens is 460 g/mol. The number of allylic oxidation sites excluding steroid dienone is 1. The lowest BCUT2D eigenvalue weighted by Gasteiger charge is -2.24. The minimum Gasteiger partial charge on any atom is -0.353 e. The molecule has 1 aliphatic carbocycles. The predicted octanol–water partition coefficient (Wildman–Crippen LogP) is 4.52. The zero-order valence-electron chi connectivity index (χ0n) is 20.2. The number of halogens is 1. The zero-order chi connectivity index (χ0) is 23.6. The first-order valence-corrected chi connectivity index (χ1v) is 11.8. The van der Waals surface area contributed by atoms with Gasteiger partial charge in [-0.15, -0.1) is 12.4 Å². The summed E-state index contributed by atoms with van der Waals surface area (Å²) in [5.74, 6) is -0.192. The van der Waals surface area contributed by atoms with Gasteiger partial charge in [0.25, 0.3) is 11.8 Å². The van der Waals surface area contributed by atoms with Crippen LogP contribution in [0.2, 0.25) is 0 Å². The fourth-order valence-corrected chi connectivity index (χ4v) is 5.73. The molecule has 1 atom stereocenters. The molecule has 180 valence electrons. The zero-order valence-corrected chi connectivity index (χ0v) is 21.0. The predicted molar refractivity (Wildman–Crippen MR) is 144 cm³/mol. The summed E-state index contributed by atoms with van der Waals surface area (Å²) in [6.07, 6.45) is 14.8. The number of rotatable bonds is 4. The Kier molecular flexibility index (Phi) is 5.82. The van der Waals surface area contributed by atoms with Crippen LogP contribution in [0.5, 0.6) is 0 Å². The van der Waals surface area contributed by atoms with Gasteiger partial charge in [-0.3, -0.25) is 9.59 Å². The van der Waals surface area contributed by atoms with E-state index in [2.05, 4.69) is 58.6 Å². The van der Waals surface area contributed by atoms with Gasteiger partial charge in [0.2, 0.25) is 0 Å². The summed E-state index contributed by atoms with van der Waals surface area (Å²) in [4.78, 5) is 30.8. The van der Waals surface area contributed by atoms with Crippen LogP contribution in [-0.2, 0) is 29.5 Å². The van der Waals surface area contributed by atoms with Crippen molar-refractivity contribution in [3.05, 3.63) is 71.2 Å². The minimum absolute atomic E-state index is 0. The van der Waals surface area contributed by atoms with Gasteiger partial charge >= 0.3 is 0 Å². The number of aryl methyl sites for hydroxylation is 1. The van der Waals surface area contributed by atoms with E-state index >= 15 is 0 Å². The summed E-state index contributed by atoms with van der Waals surface area (Å²) in [7, 11) is 6.14. The van der Waals surface area contributed by atoms with E-state index in [0.29, 0.717) is 11.5 Å². The van der Waals surface area contributed by atoms with Crippen molar-refractivity contribution >= 4 is 58.7 Å². The molecule has 0 fully saturated rings. The second kappa shape index (κ2) is 8.70. The smallest absolute Gasteiger partial charge is 0.266 e. The molecule has 2 amide bonds. The Morgan fingerprint density at radius 2 is 1.91 bits per heavy atom. The highest BCUT2D eigenvalue weighted by atomic mass is 35.5. The summed E-state index contributed by atoms with van der Waals surface area (Å²) in [6, 6.07) is 8.03. The Balaban J connectivity index is 0.00000253. The Hall–Kier alpha value is -3.35. The maximum Gasteiger partial charge on any atom is 0.266 e. The quantitative estimate of drug-likeness (QED) is 0.507. The Morgan fingerprint density at radius 1 is 1.11 bits per heavy atom. The van der Waals surface area contributed by atoms with Crippen LogP contribution in [0.25, 0.3) is 28.8 Å². The molecule has 35 heavy (non-hydrogen) atoms. The van der Waals surface area contributed by atoms with Gasteiger partial charge in [0, 0.05) is 60.0 Å². The highest BCUT2D eigenvalue weighted by Crippen LogP contribution is 2.42. The number of benzene rings is 1. The second-order valence-corrected chi connectivity index (χ2v) is 9.74. The lowest BCUT2D eigenvalue weighted by molar-refractivity contribution is -0.119. The molecule has 6 nitrogen and oxygen atoms in total. The molecule has 6 rings (SSSR count). The number of carbonyl (C=O) groups is 2. The van der Waals surface area contributed by atoms with E-state index < -0.39 is 0 Å². The summed E-state index contributed by atoms with van der Waals surface area (Å²) in [5.41, 5.74) is 6.35. The van der Waals surface area contributed by atoms with E-state index in [1.807, 2.05) is 31.4 Å². The number of carbonyl (C=O) groups excluding carboxylic acids is 2. The number of imide groups is 1. The molecule has 0 N–H and O–H groups in total. The monoisotopic (exact) mass is 488 g/mol. The van der Waals surface area contributed by atoms with Gasteiger partial charge in [0.1, 0.15) is 0 Å². The van der Waals surface area contributed by atoms with Crippen molar-refractivity contribution in [2.75, 3.05) is 25.5 Å². The van der Waals surface area contributed by atoms with Crippen LogP contribution in [0.15, 0.2) is 48.7 Å². The van der Waals surface area contributed by atoms with E-state index in [1.54, 1.807) is 0 Å². The maximum absolute atomic E-state index is 13.9. The molecule has 1 aromatic carbocycles. The number of hydrogen-bond acceptors (Lipinski definition) is 3. The van der Waals surface area contributed by atoms with E-state index in [9.17, 15) is 9.59 Å².